The molecule has 11 heteroatoms. The SMILES string of the molecule is O=C(NC1=CS(=S(=O)=O)C=N1)Oc1ccc(F)c(Cl)c1F. The highest BCUT2D eigenvalue weighted by molar-refractivity contribution is 8.42. The average molecular weight is 355 g/mol. The molecule has 1 aliphatic heterocycles. The van der Waals surface area contributed by atoms with E-state index in [1.54, 1.807) is 0 Å². The number of carbonyl (C=O) groups excluding carboxylic acids is 1. The minimum absolute atomic E-state index is 0.0545. The lowest BCUT2D eigenvalue weighted by molar-refractivity contribution is 0.201. The zero-order valence-corrected chi connectivity index (χ0v) is 12.2. The Hall–Kier alpha value is -1.78. The molecular formula is C10H5ClF2N2O4S2. The minimum atomic E-state index is -2.38. The van der Waals surface area contributed by atoms with Crippen molar-refractivity contribution in [1.82, 2.24) is 5.32 Å². The Labute approximate surface area is 125 Å². The van der Waals surface area contributed by atoms with Crippen LogP contribution in [0.4, 0.5) is 13.6 Å². The van der Waals surface area contributed by atoms with Gasteiger partial charge in [-0.15, -0.1) is 0 Å². The monoisotopic (exact) mass is 354 g/mol. The van der Waals surface area contributed by atoms with Gasteiger partial charge >= 0.3 is 6.09 Å². The third-order valence-corrected chi connectivity index (χ3v) is 5.03. The van der Waals surface area contributed by atoms with Gasteiger partial charge in [0.1, 0.15) is 16.7 Å². The van der Waals surface area contributed by atoms with E-state index in [0.717, 1.165) is 17.7 Å². The number of halogens is 3. The molecule has 21 heavy (non-hydrogen) atoms. The zero-order valence-electron chi connectivity index (χ0n) is 9.84. The second-order valence-corrected chi connectivity index (χ2v) is 7.32. The van der Waals surface area contributed by atoms with Crippen LogP contribution < -0.4 is 10.1 Å². The highest BCUT2D eigenvalue weighted by Gasteiger charge is 2.17. The Morgan fingerprint density at radius 2 is 2.10 bits per heavy atom. The fourth-order valence-electron chi connectivity index (χ4n) is 1.23. The molecule has 0 saturated heterocycles. The van der Waals surface area contributed by atoms with E-state index in [0.29, 0.717) is 0 Å². The van der Waals surface area contributed by atoms with E-state index in [-0.39, 0.29) is 5.82 Å². The van der Waals surface area contributed by atoms with Crippen LogP contribution in [0.5, 0.6) is 5.75 Å². The first-order valence-corrected chi connectivity index (χ1v) is 8.40. The Morgan fingerprint density at radius 3 is 2.71 bits per heavy atom. The number of nitrogens with one attached hydrogen (secondary N) is 1. The number of hydrogen-bond acceptors (Lipinski definition) is 5. The largest absolute Gasteiger partial charge is 0.418 e. The molecule has 1 aliphatic rings. The van der Waals surface area contributed by atoms with E-state index < -0.39 is 47.2 Å². The van der Waals surface area contributed by atoms with Gasteiger partial charge in [0.15, 0.2) is 11.6 Å². The molecule has 0 fully saturated rings. The Balaban J connectivity index is 2.11. The van der Waals surface area contributed by atoms with Gasteiger partial charge in [0.05, 0.1) is 5.55 Å². The van der Waals surface area contributed by atoms with Gasteiger partial charge in [-0.25, -0.2) is 18.6 Å². The van der Waals surface area contributed by atoms with Gasteiger partial charge in [-0.1, -0.05) is 11.6 Å². The Bertz CT molecular complexity index is 813. The first-order valence-electron chi connectivity index (χ1n) is 5.08. The number of benzene rings is 1. The molecule has 0 aliphatic carbocycles. The summed E-state index contributed by atoms with van der Waals surface area (Å²) in [7, 11) is -3.62. The Morgan fingerprint density at radius 1 is 1.38 bits per heavy atom. The van der Waals surface area contributed by atoms with Gasteiger partial charge in [-0.05, 0) is 12.1 Å². The minimum Gasteiger partial charge on any atom is -0.407 e. The summed E-state index contributed by atoms with van der Waals surface area (Å²) >= 11 is 5.33. The maximum absolute atomic E-state index is 13.5. The van der Waals surface area contributed by atoms with E-state index in [1.165, 1.54) is 5.41 Å². The van der Waals surface area contributed by atoms with Gasteiger partial charge in [0, 0.05) is 14.9 Å². The lowest BCUT2D eigenvalue weighted by Crippen LogP contribution is -2.25. The predicted molar refractivity (Wildman–Crippen MR) is 73.4 cm³/mol. The molecule has 1 amide bonds. The summed E-state index contributed by atoms with van der Waals surface area (Å²) < 4.78 is 52.4. The summed E-state index contributed by atoms with van der Waals surface area (Å²) in [6.07, 6.45) is -1.12. The van der Waals surface area contributed by atoms with Crippen LogP contribution in [0.3, 0.4) is 0 Å². The van der Waals surface area contributed by atoms with Crippen molar-refractivity contribution >= 4 is 42.0 Å². The van der Waals surface area contributed by atoms with Crippen molar-refractivity contribution in [3.05, 3.63) is 40.0 Å². The molecule has 1 aromatic rings. The summed E-state index contributed by atoms with van der Waals surface area (Å²) in [5.41, 5.74) is 1.12. The first kappa shape index (κ1) is 15.6. The maximum atomic E-state index is 13.5. The fraction of sp³-hybridized carbons (Fsp3) is 0. The van der Waals surface area contributed by atoms with E-state index >= 15 is 0 Å². The number of aliphatic imine (C=N–C) groups is 1. The van der Waals surface area contributed by atoms with Crippen molar-refractivity contribution in [3.8, 4) is 5.75 Å². The molecule has 0 saturated carbocycles. The van der Waals surface area contributed by atoms with Crippen LogP contribution in [-0.2, 0) is 18.7 Å². The van der Waals surface area contributed by atoms with Gasteiger partial charge < -0.3 is 4.74 Å². The maximum Gasteiger partial charge on any atom is 0.418 e. The van der Waals surface area contributed by atoms with Crippen LogP contribution >= 0.6 is 11.6 Å². The predicted octanol–water partition coefficient (Wildman–Crippen LogP) is 1.96. The number of amides is 1. The van der Waals surface area contributed by atoms with Crippen molar-refractivity contribution in [1.29, 1.82) is 0 Å². The van der Waals surface area contributed by atoms with Crippen LogP contribution in [-0.4, -0.2) is 20.1 Å². The topological polar surface area (TPSA) is 84.8 Å². The normalized spacial score (nSPS) is 16.5. The summed E-state index contributed by atoms with van der Waals surface area (Å²) in [4.78, 5) is 15.1. The van der Waals surface area contributed by atoms with Gasteiger partial charge in [-0.2, -0.15) is 8.42 Å². The lowest BCUT2D eigenvalue weighted by atomic mass is 10.3. The van der Waals surface area contributed by atoms with Crippen molar-refractivity contribution in [2.24, 2.45) is 4.99 Å². The number of rotatable bonds is 2. The van der Waals surface area contributed by atoms with Crippen LogP contribution in [0.1, 0.15) is 0 Å². The van der Waals surface area contributed by atoms with Crippen LogP contribution in [0.15, 0.2) is 28.4 Å². The molecule has 1 N–H and O–H groups in total. The fourth-order valence-corrected chi connectivity index (χ4v) is 3.00. The van der Waals surface area contributed by atoms with Crippen molar-refractivity contribution in [3.63, 3.8) is 0 Å². The highest BCUT2D eigenvalue weighted by Crippen LogP contribution is 2.27. The van der Waals surface area contributed by atoms with Crippen LogP contribution in [0, 0.1) is 11.6 Å². The third kappa shape index (κ3) is 3.65. The third-order valence-electron chi connectivity index (χ3n) is 2.11. The zero-order chi connectivity index (χ0) is 15.6. The molecule has 1 aromatic carbocycles. The number of hydrogen-bond donors (Lipinski definition) is 1. The quantitative estimate of drug-likeness (QED) is 0.823. The molecule has 112 valence electrons. The molecule has 2 rings (SSSR count). The van der Waals surface area contributed by atoms with E-state index in [1.807, 2.05) is 0 Å². The molecule has 0 aromatic heterocycles. The van der Waals surface area contributed by atoms with Gasteiger partial charge in [0.2, 0.25) is 9.26 Å². The summed E-state index contributed by atoms with van der Waals surface area (Å²) in [5, 5.41) is 2.48. The Kier molecular flexibility index (Phi) is 4.70. The molecule has 0 spiro atoms. The van der Waals surface area contributed by atoms with Crippen LogP contribution in [0.2, 0.25) is 5.02 Å². The van der Waals surface area contributed by atoms with Crippen molar-refractivity contribution in [2.45, 2.75) is 0 Å². The number of nitrogens with zero attached hydrogens (tertiary/aromatic N) is 1. The second kappa shape index (κ2) is 6.33. The standard InChI is InChI=1S/C10H5ClF2N2O4S2/c11-8-5(12)1-2-6(9(8)13)19-10(16)15-7-3-20(4-14-7)21(17)18/h1-4H,(H,15,16). The number of carbonyl (C=O) groups is 1. The van der Waals surface area contributed by atoms with Gasteiger partial charge in [-0.3, -0.25) is 5.32 Å². The van der Waals surface area contributed by atoms with Crippen molar-refractivity contribution in [2.75, 3.05) is 0 Å². The number of ether oxygens (including phenoxy) is 1. The molecule has 6 nitrogen and oxygen atoms in total. The summed E-state index contributed by atoms with van der Waals surface area (Å²) in [5.74, 6) is -2.85. The van der Waals surface area contributed by atoms with E-state index in [4.69, 9.17) is 11.6 Å². The lowest BCUT2D eigenvalue weighted by Gasteiger charge is -2.07. The van der Waals surface area contributed by atoms with Crippen LogP contribution in [0.25, 0.3) is 0 Å². The molecule has 1 unspecified atom stereocenters. The van der Waals surface area contributed by atoms with Gasteiger partial charge in [0.25, 0.3) is 0 Å². The highest BCUT2D eigenvalue weighted by atomic mass is 35.5. The van der Waals surface area contributed by atoms with E-state index in [2.05, 4.69) is 15.0 Å². The van der Waals surface area contributed by atoms with E-state index in [9.17, 15) is 22.0 Å². The molecule has 0 bridgehead atoms. The molecule has 0 radical (unpaired) electrons. The summed E-state index contributed by atoms with van der Waals surface area (Å²) in [6.45, 7) is 0. The second-order valence-electron chi connectivity index (χ2n) is 3.46. The molecule has 1 heterocycles. The smallest absolute Gasteiger partial charge is 0.407 e. The first-order chi connectivity index (χ1) is 9.88. The molecule has 1 atom stereocenters. The average Bonchev–Trinajstić information content (AvgIpc) is 2.88. The van der Waals surface area contributed by atoms with Crippen molar-refractivity contribution < 1.29 is 26.7 Å². The summed E-state index contributed by atoms with van der Waals surface area (Å²) in [6, 6.07) is 1.72. The molecular weight excluding hydrogens is 350 g/mol.